The fourth-order valence-corrected chi connectivity index (χ4v) is 3.68. The van der Waals surface area contributed by atoms with Gasteiger partial charge >= 0.3 is 5.91 Å². The summed E-state index contributed by atoms with van der Waals surface area (Å²) < 4.78 is 20.4. The number of aliphatic hydroxyl groups excluding tert-OH is 1. The predicted octanol–water partition coefficient (Wildman–Crippen LogP) is 4.63. The number of pyridine rings is 1. The number of rotatable bonds is 5. The minimum atomic E-state index is -1.17. The van der Waals surface area contributed by atoms with Gasteiger partial charge in [0.15, 0.2) is 0 Å². The Hall–Kier alpha value is -4.00. The van der Waals surface area contributed by atoms with Crippen molar-refractivity contribution >= 4 is 23.3 Å². The summed E-state index contributed by atoms with van der Waals surface area (Å²) in [5.74, 6) is -2.03. The Morgan fingerprint density at radius 3 is 2.34 bits per heavy atom. The Morgan fingerprint density at radius 2 is 1.72 bits per heavy atom. The van der Waals surface area contributed by atoms with Gasteiger partial charge in [-0.25, -0.2) is 9.37 Å². The number of aliphatic hydroxyl groups is 1. The summed E-state index contributed by atoms with van der Waals surface area (Å²) >= 11 is 0. The maximum Gasteiger partial charge on any atom is 0.301 e. The first-order valence-corrected chi connectivity index (χ1v) is 10.1. The molecule has 32 heavy (non-hydrogen) atoms. The van der Waals surface area contributed by atoms with Crippen LogP contribution >= 0.6 is 0 Å². The molecule has 0 saturated carbocycles. The highest BCUT2D eigenvalue weighted by Gasteiger charge is 2.48. The van der Waals surface area contributed by atoms with Gasteiger partial charge in [-0.05, 0) is 56.3 Å². The fraction of sp³-hybridized carbons (Fsp3) is 0.160. The lowest BCUT2D eigenvalue weighted by Gasteiger charge is -2.24. The zero-order valence-corrected chi connectivity index (χ0v) is 17.5. The molecule has 7 heteroatoms. The van der Waals surface area contributed by atoms with Crippen LogP contribution in [0.2, 0.25) is 0 Å². The Morgan fingerprint density at radius 1 is 1.03 bits per heavy atom. The van der Waals surface area contributed by atoms with Gasteiger partial charge in [0.05, 0.1) is 17.7 Å². The molecule has 1 N–H and O–H groups in total. The molecule has 1 atom stereocenters. The van der Waals surface area contributed by atoms with E-state index in [9.17, 15) is 19.1 Å². The van der Waals surface area contributed by atoms with E-state index in [0.717, 1.165) is 4.90 Å². The minimum absolute atomic E-state index is 0.0285. The standard InChI is InChI=1S/C25H21FN2O4/c1-15(2)32-17-12-10-16(11-13-17)23(29)21-22(18-7-3-4-8-19(18)26)28(25(31)24(21)30)20-9-5-6-14-27-20/h3-15,22,29H,1-2H3/t22-/m1/s1. The lowest BCUT2D eigenvalue weighted by Crippen LogP contribution is -2.30. The molecule has 0 unspecified atom stereocenters. The predicted molar refractivity (Wildman–Crippen MR) is 118 cm³/mol. The van der Waals surface area contributed by atoms with E-state index in [2.05, 4.69) is 4.98 Å². The Kier molecular flexibility index (Phi) is 5.73. The third-order valence-electron chi connectivity index (χ3n) is 5.04. The largest absolute Gasteiger partial charge is 0.507 e. The molecule has 0 radical (unpaired) electrons. The van der Waals surface area contributed by atoms with Crippen molar-refractivity contribution in [3.05, 3.63) is 95.4 Å². The van der Waals surface area contributed by atoms with Crippen LogP contribution in [0, 0.1) is 5.82 Å². The quantitative estimate of drug-likeness (QED) is 0.361. The maximum absolute atomic E-state index is 14.8. The van der Waals surface area contributed by atoms with Gasteiger partial charge < -0.3 is 9.84 Å². The number of nitrogens with zero attached hydrogens (tertiary/aromatic N) is 2. The highest BCUT2D eigenvalue weighted by atomic mass is 19.1. The second kappa shape index (κ2) is 8.63. The summed E-state index contributed by atoms with van der Waals surface area (Å²) in [6, 6.07) is 16.0. The van der Waals surface area contributed by atoms with E-state index in [0.29, 0.717) is 11.3 Å². The Balaban J connectivity index is 1.88. The Bertz CT molecular complexity index is 1190. The molecule has 1 amide bonds. The summed E-state index contributed by atoms with van der Waals surface area (Å²) in [6.07, 6.45) is 1.44. The fourth-order valence-electron chi connectivity index (χ4n) is 3.68. The summed E-state index contributed by atoms with van der Waals surface area (Å²) in [5.41, 5.74) is 0.184. The number of halogens is 1. The van der Waals surface area contributed by atoms with Gasteiger partial charge in [-0.2, -0.15) is 0 Å². The number of amides is 1. The van der Waals surface area contributed by atoms with Crippen molar-refractivity contribution in [1.82, 2.24) is 4.98 Å². The normalized spacial score (nSPS) is 17.8. The number of benzene rings is 2. The van der Waals surface area contributed by atoms with Crippen LogP contribution in [-0.2, 0) is 9.59 Å². The lowest BCUT2D eigenvalue weighted by molar-refractivity contribution is -0.132. The van der Waals surface area contributed by atoms with Crippen LogP contribution in [0.4, 0.5) is 10.2 Å². The zero-order valence-electron chi connectivity index (χ0n) is 17.5. The molecule has 4 rings (SSSR count). The second-order valence-electron chi connectivity index (χ2n) is 7.57. The smallest absolute Gasteiger partial charge is 0.301 e. The van der Waals surface area contributed by atoms with Gasteiger partial charge in [-0.3, -0.25) is 14.5 Å². The van der Waals surface area contributed by atoms with Gasteiger partial charge in [-0.15, -0.1) is 0 Å². The van der Waals surface area contributed by atoms with E-state index in [-0.39, 0.29) is 23.1 Å². The summed E-state index contributed by atoms with van der Waals surface area (Å²) in [5, 5.41) is 11.1. The maximum atomic E-state index is 14.8. The molecule has 1 aliphatic rings. The van der Waals surface area contributed by atoms with E-state index in [4.69, 9.17) is 4.74 Å². The lowest BCUT2D eigenvalue weighted by atomic mass is 9.95. The van der Waals surface area contributed by atoms with E-state index in [1.54, 1.807) is 48.5 Å². The number of carbonyl (C=O) groups excluding carboxylic acids is 2. The van der Waals surface area contributed by atoms with Gasteiger partial charge in [-0.1, -0.05) is 24.3 Å². The number of ketones is 1. The van der Waals surface area contributed by atoms with Crippen LogP contribution < -0.4 is 9.64 Å². The van der Waals surface area contributed by atoms with Crippen LogP contribution in [-0.4, -0.2) is 27.9 Å². The topological polar surface area (TPSA) is 79.7 Å². The van der Waals surface area contributed by atoms with Gasteiger partial charge in [0.25, 0.3) is 5.78 Å². The number of anilines is 1. The van der Waals surface area contributed by atoms with Crippen LogP contribution in [0.3, 0.4) is 0 Å². The van der Waals surface area contributed by atoms with Crippen molar-refractivity contribution in [2.24, 2.45) is 0 Å². The molecule has 1 aliphatic heterocycles. The van der Waals surface area contributed by atoms with Crippen LogP contribution in [0.15, 0.2) is 78.5 Å². The highest BCUT2D eigenvalue weighted by Crippen LogP contribution is 2.42. The molecule has 1 aromatic heterocycles. The highest BCUT2D eigenvalue weighted by molar-refractivity contribution is 6.51. The van der Waals surface area contributed by atoms with E-state index >= 15 is 0 Å². The molecule has 2 aromatic carbocycles. The molecular formula is C25H21FN2O4. The van der Waals surface area contributed by atoms with Crippen molar-refractivity contribution in [3.63, 3.8) is 0 Å². The van der Waals surface area contributed by atoms with Crippen molar-refractivity contribution in [2.45, 2.75) is 26.0 Å². The van der Waals surface area contributed by atoms with E-state index < -0.39 is 29.3 Å². The monoisotopic (exact) mass is 432 g/mol. The molecule has 1 fully saturated rings. The third kappa shape index (κ3) is 3.85. The summed E-state index contributed by atoms with van der Waals surface area (Å²) in [4.78, 5) is 31.3. The molecule has 2 heterocycles. The number of aromatic nitrogens is 1. The average Bonchev–Trinajstić information content (AvgIpc) is 3.05. The number of hydrogen-bond donors (Lipinski definition) is 1. The van der Waals surface area contributed by atoms with Crippen LogP contribution in [0.5, 0.6) is 5.75 Å². The second-order valence-corrected chi connectivity index (χ2v) is 7.57. The minimum Gasteiger partial charge on any atom is -0.507 e. The van der Waals surface area contributed by atoms with Crippen LogP contribution in [0.25, 0.3) is 5.76 Å². The number of Topliss-reactive ketones (excluding diaryl/α,β-unsaturated/α-hetero) is 1. The molecule has 3 aromatic rings. The van der Waals surface area contributed by atoms with Gasteiger partial charge in [0.2, 0.25) is 0 Å². The van der Waals surface area contributed by atoms with Crippen molar-refractivity contribution in [2.75, 3.05) is 4.90 Å². The van der Waals surface area contributed by atoms with Gasteiger partial charge in [0, 0.05) is 17.3 Å². The molecule has 6 nitrogen and oxygen atoms in total. The van der Waals surface area contributed by atoms with Crippen molar-refractivity contribution in [3.8, 4) is 5.75 Å². The Labute approximate surface area is 184 Å². The zero-order chi connectivity index (χ0) is 22.8. The first kappa shape index (κ1) is 21.2. The molecule has 1 saturated heterocycles. The first-order valence-electron chi connectivity index (χ1n) is 10.1. The molecule has 162 valence electrons. The van der Waals surface area contributed by atoms with Crippen molar-refractivity contribution < 1.29 is 23.8 Å². The molecule has 0 aliphatic carbocycles. The van der Waals surface area contributed by atoms with Crippen molar-refractivity contribution in [1.29, 1.82) is 0 Å². The average molecular weight is 432 g/mol. The molecule has 0 bridgehead atoms. The number of ether oxygens (including phenoxy) is 1. The number of hydrogen-bond acceptors (Lipinski definition) is 5. The summed E-state index contributed by atoms with van der Waals surface area (Å²) in [7, 11) is 0. The molecule has 0 spiro atoms. The van der Waals surface area contributed by atoms with Crippen LogP contribution in [0.1, 0.15) is 31.0 Å². The number of carbonyl (C=O) groups is 2. The van der Waals surface area contributed by atoms with E-state index in [1.165, 1.54) is 24.4 Å². The first-order chi connectivity index (χ1) is 15.4. The third-order valence-corrected chi connectivity index (χ3v) is 5.04. The SMILES string of the molecule is CC(C)Oc1ccc(C(O)=C2C(=O)C(=O)N(c3ccccn3)[C@@H]2c2ccccc2F)cc1. The molecular weight excluding hydrogens is 411 g/mol. The summed E-state index contributed by atoms with van der Waals surface area (Å²) in [6.45, 7) is 3.78. The van der Waals surface area contributed by atoms with Gasteiger partial charge in [0.1, 0.15) is 23.1 Å². The van der Waals surface area contributed by atoms with E-state index in [1.807, 2.05) is 13.8 Å².